The van der Waals surface area contributed by atoms with E-state index < -0.39 is 0 Å². The molecule has 2 aliphatic rings. The molecule has 2 nitrogen and oxygen atoms in total. The number of Topliss-reactive ketones (excluding diaryl/α,β-unsaturated/α-hetero) is 1. The van der Waals surface area contributed by atoms with E-state index in [9.17, 15) is 4.79 Å². The van der Waals surface area contributed by atoms with Crippen molar-refractivity contribution in [2.24, 2.45) is 16.7 Å². The molecule has 114 valence electrons. The summed E-state index contributed by atoms with van der Waals surface area (Å²) in [6, 6.07) is 14.6. The van der Waals surface area contributed by atoms with Crippen LogP contribution >= 0.6 is 0 Å². The molecular formula is C20H23NO. The fourth-order valence-corrected chi connectivity index (χ4v) is 4.77. The van der Waals surface area contributed by atoms with E-state index in [-0.39, 0.29) is 16.9 Å². The third kappa shape index (κ3) is 1.58. The molecule has 2 fully saturated rings. The van der Waals surface area contributed by atoms with Crippen LogP contribution in [0.5, 0.6) is 0 Å². The first-order valence-electron chi connectivity index (χ1n) is 8.24. The van der Waals surface area contributed by atoms with E-state index in [4.69, 9.17) is 0 Å². The molecule has 0 aromatic heterocycles. The molecule has 2 aromatic rings. The Morgan fingerprint density at radius 3 is 2.50 bits per heavy atom. The molecular weight excluding hydrogens is 270 g/mol. The van der Waals surface area contributed by atoms with Crippen molar-refractivity contribution < 1.29 is 4.79 Å². The molecule has 3 unspecified atom stereocenters. The first-order valence-corrected chi connectivity index (χ1v) is 8.24. The predicted octanol–water partition coefficient (Wildman–Crippen LogP) is 4.65. The molecule has 0 spiro atoms. The lowest BCUT2D eigenvalue weighted by molar-refractivity contribution is -0.128. The number of benzene rings is 2. The summed E-state index contributed by atoms with van der Waals surface area (Å²) >= 11 is 0. The molecule has 4 rings (SSSR count). The van der Waals surface area contributed by atoms with E-state index in [2.05, 4.69) is 68.6 Å². The van der Waals surface area contributed by atoms with Crippen molar-refractivity contribution in [3.63, 3.8) is 0 Å². The molecule has 0 amide bonds. The van der Waals surface area contributed by atoms with Gasteiger partial charge in [0, 0.05) is 16.5 Å². The summed E-state index contributed by atoms with van der Waals surface area (Å²) in [5, 5.41) is 6.01. The van der Waals surface area contributed by atoms with Gasteiger partial charge in [-0.25, -0.2) is 0 Å². The van der Waals surface area contributed by atoms with Crippen LogP contribution < -0.4 is 5.32 Å². The fourth-order valence-electron chi connectivity index (χ4n) is 4.77. The maximum Gasteiger partial charge on any atom is 0.161 e. The van der Waals surface area contributed by atoms with Crippen molar-refractivity contribution >= 4 is 22.2 Å². The fraction of sp³-hybridized carbons (Fsp3) is 0.450. The third-order valence-electron chi connectivity index (χ3n) is 6.63. The Balaban J connectivity index is 1.74. The maximum absolute atomic E-state index is 13.0. The van der Waals surface area contributed by atoms with Gasteiger partial charge >= 0.3 is 0 Å². The number of anilines is 1. The van der Waals surface area contributed by atoms with Crippen LogP contribution in [0.2, 0.25) is 0 Å². The second-order valence-electron chi connectivity index (χ2n) is 7.71. The van der Waals surface area contributed by atoms with Gasteiger partial charge in [-0.15, -0.1) is 0 Å². The van der Waals surface area contributed by atoms with Gasteiger partial charge in [0.05, 0.1) is 6.04 Å². The highest BCUT2D eigenvalue weighted by molar-refractivity contribution is 6.00. The minimum absolute atomic E-state index is 0.0421. The number of hydrogen-bond donors (Lipinski definition) is 1. The third-order valence-corrected chi connectivity index (χ3v) is 6.63. The van der Waals surface area contributed by atoms with E-state index in [1.54, 1.807) is 0 Å². The SMILES string of the molecule is CC12CCC(C(Nc3cccc4ccccc34)C1=O)C2(C)C. The highest BCUT2D eigenvalue weighted by Crippen LogP contribution is 2.64. The van der Waals surface area contributed by atoms with Gasteiger partial charge in [0.1, 0.15) is 0 Å². The number of nitrogens with one attached hydrogen (secondary N) is 1. The van der Waals surface area contributed by atoms with Crippen molar-refractivity contribution in [2.45, 2.75) is 39.7 Å². The van der Waals surface area contributed by atoms with Gasteiger partial charge in [0.15, 0.2) is 5.78 Å². The topological polar surface area (TPSA) is 29.1 Å². The van der Waals surface area contributed by atoms with Gasteiger partial charge in [-0.2, -0.15) is 0 Å². The zero-order valence-corrected chi connectivity index (χ0v) is 13.5. The van der Waals surface area contributed by atoms with Crippen molar-refractivity contribution in [1.29, 1.82) is 0 Å². The normalized spacial score (nSPS) is 32.6. The standard InChI is InChI=1S/C20H23NO/c1-19(2)15-11-12-20(19,3)18(22)17(15)21-16-10-6-8-13-7-4-5-9-14(13)16/h4-10,15,17,21H,11-12H2,1-3H3. The molecule has 0 radical (unpaired) electrons. The van der Waals surface area contributed by atoms with Crippen LogP contribution in [-0.2, 0) is 4.79 Å². The average Bonchev–Trinajstić information content (AvgIpc) is 2.82. The molecule has 3 atom stereocenters. The van der Waals surface area contributed by atoms with E-state index in [1.807, 2.05) is 0 Å². The number of fused-ring (bicyclic) bond motifs is 3. The average molecular weight is 293 g/mol. The molecule has 0 saturated heterocycles. The molecule has 2 aromatic carbocycles. The summed E-state index contributed by atoms with van der Waals surface area (Å²) in [6.07, 6.45) is 2.19. The maximum atomic E-state index is 13.0. The summed E-state index contributed by atoms with van der Waals surface area (Å²) in [7, 11) is 0. The van der Waals surface area contributed by atoms with Gasteiger partial charge in [-0.05, 0) is 35.6 Å². The largest absolute Gasteiger partial charge is 0.374 e. The molecule has 22 heavy (non-hydrogen) atoms. The van der Waals surface area contributed by atoms with Gasteiger partial charge in [0.2, 0.25) is 0 Å². The van der Waals surface area contributed by atoms with Crippen LogP contribution in [0.4, 0.5) is 5.69 Å². The van der Waals surface area contributed by atoms with Gasteiger partial charge in [-0.3, -0.25) is 4.79 Å². The summed E-state index contributed by atoms with van der Waals surface area (Å²) in [4.78, 5) is 13.0. The number of ketones is 1. The Kier molecular flexibility index (Phi) is 2.73. The highest BCUT2D eigenvalue weighted by atomic mass is 16.1. The smallest absolute Gasteiger partial charge is 0.161 e. The van der Waals surface area contributed by atoms with Crippen LogP contribution in [0.3, 0.4) is 0 Å². The molecule has 0 heterocycles. The van der Waals surface area contributed by atoms with Crippen molar-refractivity contribution in [2.75, 3.05) is 5.32 Å². The number of hydrogen-bond acceptors (Lipinski definition) is 2. The second-order valence-corrected chi connectivity index (χ2v) is 7.71. The highest BCUT2D eigenvalue weighted by Gasteiger charge is 2.66. The van der Waals surface area contributed by atoms with E-state index in [1.165, 1.54) is 10.8 Å². The monoisotopic (exact) mass is 293 g/mol. The Labute approximate surface area is 131 Å². The molecule has 1 N–H and O–H groups in total. The van der Waals surface area contributed by atoms with Crippen molar-refractivity contribution in [1.82, 2.24) is 0 Å². The van der Waals surface area contributed by atoms with Crippen LogP contribution in [0.1, 0.15) is 33.6 Å². The van der Waals surface area contributed by atoms with Crippen LogP contribution in [0.15, 0.2) is 42.5 Å². The molecule has 2 aliphatic carbocycles. The summed E-state index contributed by atoms with van der Waals surface area (Å²) in [6.45, 7) is 6.71. The lowest BCUT2D eigenvalue weighted by Gasteiger charge is -2.32. The first kappa shape index (κ1) is 13.8. The van der Waals surface area contributed by atoms with E-state index in [0.29, 0.717) is 11.7 Å². The van der Waals surface area contributed by atoms with Crippen LogP contribution in [0.25, 0.3) is 10.8 Å². The summed E-state index contributed by atoms with van der Waals surface area (Å²) in [5.74, 6) is 0.839. The van der Waals surface area contributed by atoms with Crippen LogP contribution in [0, 0.1) is 16.7 Å². The van der Waals surface area contributed by atoms with Crippen LogP contribution in [-0.4, -0.2) is 11.8 Å². The Morgan fingerprint density at radius 2 is 1.77 bits per heavy atom. The second kappa shape index (κ2) is 4.34. The Morgan fingerprint density at radius 1 is 1.05 bits per heavy atom. The van der Waals surface area contributed by atoms with Gasteiger partial charge in [-0.1, -0.05) is 57.2 Å². The number of carbonyl (C=O) groups is 1. The van der Waals surface area contributed by atoms with Crippen molar-refractivity contribution in [3.8, 4) is 0 Å². The quantitative estimate of drug-likeness (QED) is 0.873. The molecule has 2 saturated carbocycles. The lowest BCUT2D eigenvalue weighted by atomic mass is 9.70. The zero-order valence-electron chi connectivity index (χ0n) is 13.5. The molecule has 2 heteroatoms. The minimum atomic E-state index is -0.167. The van der Waals surface area contributed by atoms with E-state index in [0.717, 1.165) is 18.5 Å². The minimum Gasteiger partial charge on any atom is -0.374 e. The van der Waals surface area contributed by atoms with Gasteiger partial charge < -0.3 is 5.32 Å². The predicted molar refractivity (Wildman–Crippen MR) is 91.0 cm³/mol. The zero-order chi connectivity index (χ0) is 15.5. The first-order chi connectivity index (χ1) is 10.4. The lowest BCUT2D eigenvalue weighted by Crippen LogP contribution is -2.38. The number of carbonyl (C=O) groups excluding carboxylic acids is 1. The molecule has 0 aliphatic heterocycles. The molecule has 2 bridgehead atoms. The van der Waals surface area contributed by atoms with Crippen molar-refractivity contribution in [3.05, 3.63) is 42.5 Å². The Hall–Kier alpha value is -1.83. The van der Waals surface area contributed by atoms with Gasteiger partial charge in [0.25, 0.3) is 0 Å². The summed E-state index contributed by atoms with van der Waals surface area (Å²) < 4.78 is 0. The summed E-state index contributed by atoms with van der Waals surface area (Å²) in [5.41, 5.74) is 1.01. The van der Waals surface area contributed by atoms with E-state index >= 15 is 0 Å². The Bertz CT molecular complexity index is 758. The number of rotatable bonds is 2.